The smallest absolute Gasteiger partial charge is 0.303 e. The van der Waals surface area contributed by atoms with Crippen LogP contribution in [0, 0.1) is 11.3 Å². The van der Waals surface area contributed by atoms with Gasteiger partial charge in [0.25, 0.3) is 0 Å². The molecule has 0 heterocycles. The van der Waals surface area contributed by atoms with E-state index in [-0.39, 0.29) is 23.8 Å². The van der Waals surface area contributed by atoms with Gasteiger partial charge in [0.2, 0.25) is 5.91 Å². The van der Waals surface area contributed by atoms with E-state index in [4.69, 9.17) is 5.11 Å². The lowest BCUT2D eigenvalue weighted by Crippen LogP contribution is -2.38. The van der Waals surface area contributed by atoms with E-state index in [0.717, 1.165) is 44.9 Å². The molecule has 4 heteroatoms. The van der Waals surface area contributed by atoms with Crippen molar-refractivity contribution in [2.75, 3.05) is 0 Å². The zero-order valence-corrected chi connectivity index (χ0v) is 13.8. The fraction of sp³-hybridized carbons (Fsp3) is 0.882. The molecule has 1 rings (SSSR count). The van der Waals surface area contributed by atoms with Crippen LogP contribution in [0.3, 0.4) is 0 Å². The van der Waals surface area contributed by atoms with E-state index in [1.807, 2.05) is 6.92 Å². The Kier molecular flexibility index (Phi) is 7.20. The molecule has 2 N–H and O–H groups in total. The first-order chi connectivity index (χ1) is 9.83. The van der Waals surface area contributed by atoms with Crippen LogP contribution in [-0.2, 0) is 9.59 Å². The lowest BCUT2D eigenvalue weighted by Gasteiger charge is -2.35. The van der Waals surface area contributed by atoms with E-state index >= 15 is 0 Å². The Morgan fingerprint density at radius 2 is 1.67 bits per heavy atom. The van der Waals surface area contributed by atoms with Crippen LogP contribution in [0.1, 0.15) is 78.6 Å². The predicted octanol–water partition coefficient (Wildman–Crippen LogP) is 3.74. The van der Waals surface area contributed by atoms with Gasteiger partial charge in [0, 0.05) is 12.5 Å². The highest BCUT2D eigenvalue weighted by atomic mass is 16.4. The van der Waals surface area contributed by atoms with Crippen LogP contribution < -0.4 is 5.32 Å². The van der Waals surface area contributed by atoms with Gasteiger partial charge in [-0.1, -0.05) is 33.1 Å². The van der Waals surface area contributed by atoms with Gasteiger partial charge < -0.3 is 10.4 Å². The van der Waals surface area contributed by atoms with Crippen molar-refractivity contribution in [1.29, 1.82) is 0 Å². The molecule has 1 amide bonds. The number of nitrogens with one attached hydrogen (secondary N) is 1. The summed E-state index contributed by atoms with van der Waals surface area (Å²) in [6.45, 7) is 6.39. The Balaban J connectivity index is 2.50. The number of amides is 1. The number of aliphatic carboxylic acids is 1. The third-order valence-corrected chi connectivity index (χ3v) is 4.56. The van der Waals surface area contributed by atoms with Crippen LogP contribution in [0.4, 0.5) is 0 Å². The standard InChI is InChI=1S/C17H31NO3/c1-13(2)7-8-14(3)18-15(19)11-17(12-16(20)21)9-5-4-6-10-17/h13-14H,4-12H2,1-3H3,(H,18,19)(H,20,21). The van der Waals surface area contributed by atoms with Gasteiger partial charge in [-0.2, -0.15) is 0 Å². The lowest BCUT2D eigenvalue weighted by atomic mass is 9.69. The second-order valence-corrected chi connectivity index (χ2v) is 7.25. The SMILES string of the molecule is CC(C)CCC(C)NC(=O)CC1(CC(=O)O)CCCCC1. The molecular weight excluding hydrogens is 266 g/mol. The van der Waals surface area contributed by atoms with E-state index in [9.17, 15) is 9.59 Å². The summed E-state index contributed by atoms with van der Waals surface area (Å²) in [6, 6.07) is 0.172. The summed E-state index contributed by atoms with van der Waals surface area (Å²) in [5, 5.41) is 12.2. The first-order valence-electron chi connectivity index (χ1n) is 8.34. The maximum absolute atomic E-state index is 12.2. The van der Waals surface area contributed by atoms with E-state index in [1.165, 1.54) is 0 Å². The molecule has 0 saturated heterocycles. The first-order valence-corrected chi connectivity index (χ1v) is 8.34. The maximum Gasteiger partial charge on any atom is 0.303 e. The Hall–Kier alpha value is -1.06. The molecule has 0 aromatic rings. The van der Waals surface area contributed by atoms with Crippen LogP contribution in [-0.4, -0.2) is 23.0 Å². The third-order valence-electron chi connectivity index (χ3n) is 4.56. The topological polar surface area (TPSA) is 66.4 Å². The highest BCUT2D eigenvalue weighted by Crippen LogP contribution is 2.42. The van der Waals surface area contributed by atoms with Gasteiger partial charge in [0.05, 0.1) is 6.42 Å². The fourth-order valence-electron chi connectivity index (χ4n) is 3.36. The summed E-state index contributed by atoms with van der Waals surface area (Å²) in [6.07, 6.45) is 7.56. The molecule has 1 atom stereocenters. The van der Waals surface area contributed by atoms with Crippen LogP contribution in [0.2, 0.25) is 0 Å². The highest BCUT2D eigenvalue weighted by molar-refractivity contribution is 5.78. The van der Waals surface area contributed by atoms with Crippen molar-refractivity contribution in [3.8, 4) is 0 Å². The van der Waals surface area contributed by atoms with Gasteiger partial charge >= 0.3 is 5.97 Å². The molecule has 21 heavy (non-hydrogen) atoms. The number of hydrogen-bond donors (Lipinski definition) is 2. The number of carbonyl (C=O) groups is 2. The number of hydrogen-bond acceptors (Lipinski definition) is 2. The molecule has 1 aliphatic rings. The molecule has 1 fully saturated rings. The Morgan fingerprint density at radius 1 is 1.05 bits per heavy atom. The van der Waals surface area contributed by atoms with Crippen LogP contribution in [0.5, 0.6) is 0 Å². The van der Waals surface area contributed by atoms with Crippen LogP contribution in [0.15, 0.2) is 0 Å². The summed E-state index contributed by atoms with van der Waals surface area (Å²) >= 11 is 0. The quantitative estimate of drug-likeness (QED) is 0.717. The van der Waals surface area contributed by atoms with Crippen molar-refractivity contribution in [1.82, 2.24) is 5.32 Å². The molecule has 1 unspecified atom stereocenters. The number of rotatable bonds is 8. The van der Waals surface area contributed by atoms with E-state index < -0.39 is 5.97 Å². The summed E-state index contributed by atoms with van der Waals surface area (Å²) in [5.41, 5.74) is -0.314. The maximum atomic E-state index is 12.2. The monoisotopic (exact) mass is 297 g/mol. The van der Waals surface area contributed by atoms with Crippen LogP contribution >= 0.6 is 0 Å². The minimum atomic E-state index is -0.780. The van der Waals surface area contributed by atoms with Gasteiger partial charge in [-0.3, -0.25) is 9.59 Å². The number of carbonyl (C=O) groups excluding carboxylic acids is 1. The predicted molar refractivity (Wildman–Crippen MR) is 84.1 cm³/mol. The van der Waals surface area contributed by atoms with Crippen molar-refractivity contribution in [3.05, 3.63) is 0 Å². The second-order valence-electron chi connectivity index (χ2n) is 7.25. The molecule has 122 valence electrons. The minimum Gasteiger partial charge on any atom is -0.481 e. The average Bonchev–Trinajstić information content (AvgIpc) is 2.35. The highest BCUT2D eigenvalue weighted by Gasteiger charge is 2.36. The van der Waals surface area contributed by atoms with E-state index in [2.05, 4.69) is 19.2 Å². The molecule has 1 aliphatic carbocycles. The second kappa shape index (κ2) is 8.40. The molecule has 1 saturated carbocycles. The summed E-state index contributed by atoms with van der Waals surface area (Å²) in [5.74, 6) is -0.118. The largest absolute Gasteiger partial charge is 0.481 e. The molecule has 0 aromatic carbocycles. The average molecular weight is 297 g/mol. The molecule has 0 spiro atoms. The van der Waals surface area contributed by atoms with Gasteiger partial charge in [0.1, 0.15) is 0 Å². The van der Waals surface area contributed by atoms with Gasteiger partial charge in [0.15, 0.2) is 0 Å². The number of carboxylic acids is 1. The summed E-state index contributed by atoms with van der Waals surface area (Å²) in [7, 11) is 0. The summed E-state index contributed by atoms with van der Waals surface area (Å²) in [4.78, 5) is 23.4. The van der Waals surface area contributed by atoms with Gasteiger partial charge in [-0.05, 0) is 43.9 Å². The van der Waals surface area contributed by atoms with E-state index in [1.54, 1.807) is 0 Å². The minimum absolute atomic E-state index is 0.0226. The molecule has 0 bridgehead atoms. The van der Waals surface area contributed by atoms with Gasteiger partial charge in [-0.25, -0.2) is 0 Å². The van der Waals surface area contributed by atoms with Crippen molar-refractivity contribution in [3.63, 3.8) is 0 Å². The zero-order chi connectivity index (χ0) is 15.9. The summed E-state index contributed by atoms with van der Waals surface area (Å²) < 4.78 is 0. The fourth-order valence-corrected chi connectivity index (χ4v) is 3.36. The molecule has 4 nitrogen and oxygen atoms in total. The normalized spacial score (nSPS) is 19.2. The molecule has 0 aromatic heterocycles. The van der Waals surface area contributed by atoms with Crippen molar-refractivity contribution in [2.45, 2.75) is 84.6 Å². The lowest BCUT2D eigenvalue weighted by molar-refractivity contribution is -0.141. The Bertz CT molecular complexity index is 346. The Morgan fingerprint density at radius 3 is 2.19 bits per heavy atom. The molecular formula is C17H31NO3. The first kappa shape index (κ1) is 18.0. The Labute approximate surface area is 128 Å². The van der Waals surface area contributed by atoms with Crippen molar-refractivity contribution in [2.24, 2.45) is 11.3 Å². The van der Waals surface area contributed by atoms with E-state index in [0.29, 0.717) is 12.3 Å². The molecule has 0 aliphatic heterocycles. The van der Waals surface area contributed by atoms with Crippen LogP contribution in [0.25, 0.3) is 0 Å². The molecule has 0 radical (unpaired) electrons. The third kappa shape index (κ3) is 6.96. The van der Waals surface area contributed by atoms with Gasteiger partial charge in [-0.15, -0.1) is 0 Å². The zero-order valence-electron chi connectivity index (χ0n) is 13.8. The number of carboxylic acid groups (broad SMARTS) is 1. The van der Waals surface area contributed by atoms with Crippen molar-refractivity contribution >= 4 is 11.9 Å². The van der Waals surface area contributed by atoms with Crippen molar-refractivity contribution < 1.29 is 14.7 Å².